The number of hydrogen-bond acceptors (Lipinski definition) is 9. The van der Waals surface area contributed by atoms with E-state index in [1.54, 1.807) is 24.3 Å². The molecule has 1 aromatic heterocycles. The van der Waals surface area contributed by atoms with E-state index >= 15 is 0 Å². The molecule has 6 rings (SSSR count). The molecule has 11 heteroatoms. The summed E-state index contributed by atoms with van der Waals surface area (Å²) in [6.45, 7) is 4.06. The standard InChI is InChI=1S/C36H30ClN3O5S2/c1-21-9-10-22(2)27(17-21)32(41)30-31(25-13-16-28(29(18-25)44-3)45-19-23-7-5-4-6-8-23)40(34(43)33(30)42)35-38-39-36(47-35)46-20-24-11-14-26(37)15-12-24/h4-18,31,41H,19-20H2,1-3H3. The minimum absolute atomic E-state index is 0.0470. The maximum absolute atomic E-state index is 13.8. The van der Waals surface area contributed by atoms with E-state index < -0.39 is 17.7 Å². The zero-order valence-corrected chi connectivity index (χ0v) is 28.2. The number of benzene rings is 4. The first-order valence-corrected chi connectivity index (χ1v) is 16.9. The molecule has 1 aliphatic rings. The second-order valence-electron chi connectivity index (χ2n) is 10.9. The van der Waals surface area contributed by atoms with Crippen molar-refractivity contribution in [2.45, 2.75) is 36.6 Å². The first kappa shape index (κ1) is 32.3. The van der Waals surface area contributed by atoms with Crippen molar-refractivity contribution in [2.24, 2.45) is 0 Å². The number of ether oxygens (including phenoxy) is 2. The average molecular weight is 684 g/mol. The zero-order valence-electron chi connectivity index (χ0n) is 25.8. The van der Waals surface area contributed by atoms with Crippen molar-refractivity contribution in [1.82, 2.24) is 10.2 Å². The molecule has 0 radical (unpaired) electrons. The normalized spacial score (nSPS) is 15.7. The molecule has 5 aromatic rings. The number of ketones is 1. The summed E-state index contributed by atoms with van der Waals surface area (Å²) in [5.41, 5.74) is 4.65. The Hall–Kier alpha value is -4.64. The van der Waals surface area contributed by atoms with Crippen LogP contribution in [0.3, 0.4) is 0 Å². The summed E-state index contributed by atoms with van der Waals surface area (Å²) in [4.78, 5) is 28.9. The van der Waals surface area contributed by atoms with Gasteiger partial charge in [-0.25, -0.2) is 0 Å². The Labute approximate surface area is 285 Å². The predicted molar refractivity (Wildman–Crippen MR) is 185 cm³/mol. The Morgan fingerprint density at radius 3 is 2.45 bits per heavy atom. The molecule has 1 amide bonds. The molecule has 1 N–H and O–H groups in total. The van der Waals surface area contributed by atoms with Gasteiger partial charge in [-0.2, -0.15) is 0 Å². The summed E-state index contributed by atoms with van der Waals surface area (Å²) in [5.74, 6) is -0.377. The van der Waals surface area contributed by atoms with Crippen LogP contribution in [0.4, 0.5) is 5.13 Å². The lowest BCUT2D eigenvalue weighted by atomic mass is 9.93. The van der Waals surface area contributed by atoms with Crippen LogP contribution in [0.15, 0.2) is 101 Å². The van der Waals surface area contributed by atoms with Crippen LogP contribution in [0.1, 0.15) is 39.4 Å². The Bertz CT molecular complexity index is 1980. The van der Waals surface area contributed by atoms with E-state index in [-0.39, 0.29) is 16.5 Å². The number of nitrogens with zero attached hydrogens (tertiary/aromatic N) is 3. The van der Waals surface area contributed by atoms with Crippen molar-refractivity contribution in [3.8, 4) is 11.5 Å². The molecule has 2 heterocycles. The van der Waals surface area contributed by atoms with Crippen molar-refractivity contribution in [1.29, 1.82) is 0 Å². The van der Waals surface area contributed by atoms with Crippen molar-refractivity contribution in [3.05, 3.63) is 135 Å². The monoisotopic (exact) mass is 683 g/mol. The molecule has 0 aliphatic carbocycles. The number of aryl methyl sites for hydroxylation is 2. The maximum Gasteiger partial charge on any atom is 0.301 e. The number of hydrogen-bond donors (Lipinski definition) is 1. The number of aliphatic hydroxyl groups is 1. The molecule has 1 atom stereocenters. The lowest BCUT2D eigenvalue weighted by Crippen LogP contribution is -2.29. The molecule has 0 bridgehead atoms. The lowest BCUT2D eigenvalue weighted by Gasteiger charge is -2.23. The largest absolute Gasteiger partial charge is 0.507 e. The van der Waals surface area contributed by atoms with Crippen molar-refractivity contribution in [3.63, 3.8) is 0 Å². The molecule has 238 valence electrons. The van der Waals surface area contributed by atoms with E-state index in [1.807, 2.05) is 80.6 Å². The number of carbonyl (C=O) groups is 2. The molecule has 47 heavy (non-hydrogen) atoms. The summed E-state index contributed by atoms with van der Waals surface area (Å²) in [6, 6.07) is 27.1. The molecule has 0 saturated carbocycles. The number of aliphatic hydroxyl groups excluding tert-OH is 1. The number of rotatable bonds is 10. The third-order valence-corrected chi connectivity index (χ3v) is 10.1. The van der Waals surface area contributed by atoms with Crippen LogP contribution in [0.5, 0.6) is 11.5 Å². The van der Waals surface area contributed by atoms with Crippen LogP contribution < -0.4 is 14.4 Å². The highest BCUT2D eigenvalue weighted by Crippen LogP contribution is 2.46. The summed E-state index contributed by atoms with van der Waals surface area (Å²) in [7, 11) is 1.52. The highest BCUT2D eigenvalue weighted by Gasteiger charge is 2.48. The van der Waals surface area contributed by atoms with Gasteiger partial charge >= 0.3 is 5.91 Å². The van der Waals surface area contributed by atoms with Crippen LogP contribution in [0.2, 0.25) is 5.02 Å². The molecule has 1 unspecified atom stereocenters. The SMILES string of the molecule is COc1cc(C2C(=C(O)c3cc(C)ccc3C)C(=O)C(=O)N2c2nnc(SCc3ccc(Cl)cc3)s2)ccc1OCc1ccccc1. The fourth-order valence-electron chi connectivity index (χ4n) is 5.27. The number of methoxy groups -OCH3 is 1. The average Bonchev–Trinajstić information content (AvgIpc) is 3.66. The maximum atomic E-state index is 13.8. The Kier molecular flexibility index (Phi) is 9.63. The number of anilines is 1. The molecule has 1 aliphatic heterocycles. The number of halogens is 1. The number of carbonyl (C=O) groups excluding carboxylic acids is 2. The number of Topliss-reactive ketones (excluding diaryl/α,β-unsaturated/α-hetero) is 1. The summed E-state index contributed by atoms with van der Waals surface area (Å²) in [6.07, 6.45) is 0. The first-order valence-electron chi connectivity index (χ1n) is 14.7. The van der Waals surface area contributed by atoms with Gasteiger partial charge in [-0.3, -0.25) is 14.5 Å². The van der Waals surface area contributed by atoms with Crippen LogP contribution in [0, 0.1) is 13.8 Å². The van der Waals surface area contributed by atoms with Gasteiger partial charge in [0.1, 0.15) is 12.4 Å². The second-order valence-corrected chi connectivity index (χ2v) is 13.6. The van der Waals surface area contributed by atoms with Gasteiger partial charge in [-0.05, 0) is 66.4 Å². The van der Waals surface area contributed by atoms with Gasteiger partial charge in [0.2, 0.25) is 5.13 Å². The highest BCUT2D eigenvalue weighted by atomic mass is 35.5. The molecule has 0 spiro atoms. The van der Waals surface area contributed by atoms with Gasteiger partial charge in [0.25, 0.3) is 5.78 Å². The zero-order chi connectivity index (χ0) is 33.1. The van der Waals surface area contributed by atoms with E-state index in [4.69, 9.17) is 21.1 Å². The van der Waals surface area contributed by atoms with E-state index in [1.165, 1.54) is 35.1 Å². The van der Waals surface area contributed by atoms with E-state index in [2.05, 4.69) is 10.2 Å². The van der Waals surface area contributed by atoms with E-state index in [0.29, 0.717) is 44.3 Å². The van der Waals surface area contributed by atoms with Crippen LogP contribution >= 0.6 is 34.7 Å². The third-order valence-electron chi connectivity index (χ3n) is 7.71. The van der Waals surface area contributed by atoms with Crippen LogP contribution in [-0.4, -0.2) is 34.1 Å². The molecular formula is C36H30ClN3O5S2. The summed E-state index contributed by atoms with van der Waals surface area (Å²) in [5, 5.41) is 21.2. The predicted octanol–water partition coefficient (Wildman–Crippen LogP) is 8.31. The van der Waals surface area contributed by atoms with Gasteiger partial charge in [-0.15, -0.1) is 10.2 Å². The Morgan fingerprint density at radius 1 is 0.936 bits per heavy atom. The lowest BCUT2D eigenvalue weighted by molar-refractivity contribution is -0.132. The number of thioether (sulfide) groups is 1. The molecular weight excluding hydrogens is 654 g/mol. The fourth-order valence-corrected chi connectivity index (χ4v) is 7.22. The van der Waals surface area contributed by atoms with E-state index in [9.17, 15) is 14.7 Å². The molecule has 1 fully saturated rings. The fraction of sp³-hybridized carbons (Fsp3) is 0.167. The third kappa shape index (κ3) is 6.90. The topological polar surface area (TPSA) is 102 Å². The first-order chi connectivity index (χ1) is 22.7. The van der Waals surface area contributed by atoms with Gasteiger partial charge < -0.3 is 14.6 Å². The second kappa shape index (κ2) is 14.0. The Balaban J connectivity index is 1.40. The van der Waals surface area contributed by atoms with Gasteiger partial charge in [0, 0.05) is 16.3 Å². The minimum Gasteiger partial charge on any atom is -0.507 e. The van der Waals surface area contributed by atoms with Gasteiger partial charge in [0.15, 0.2) is 15.8 Å². The van der Waals surface area contributed by atoms with Gasteiger partial charge in [0.05, 0.1) is 18.7 Å². The number of amides is 1. The molecule has 4 aromatic carbocycles. The highest BCUT2D eigenvalue weighted by molar-refractivity contribution is 8.00. The van der Waals surface area contributed by atoms with Crippen LogP contribution in [0.25, 0.3) is 5.76 Å². The summed E-state index contributed by atoms with van der Waals surface area (Å²) < 4.78 is 12.4. The summed E-state index contributed by atoms with van der Waals surface area (Å²) >= 11 is 8.68. The smallest absolute Gasteiger partial charge is 0.301 e. The van der Waals surface area contributed by atoms with Gasteiger partial charge in [-0.1, -0.05) is 101 Å². The Morgan fingerprint density at radius 2 is 1.70 bits per heavy atom. The molecule has 8 nitrogen and oxygen atoms in total. The van der Waals surface area contributed by atoms with E-state index in [0.717, 1.165) is 22.3 Å². The van der Waals surface area contributed by atoms with Crippen molar-refractivity contribution < 1.29 is 24.2 Å². The molecule has 1 saturated heterocycles. The number of aromatic nitrogens is 2. The van der Waals surface area contributed by atoms with Crippen molar-refractivity contribution in [2.75, 3.05) is 12.0 Å². The quantitative estimate of drug-likeness (QED) is 0.0516. The van der Waals surface area contributed by atoms with Crippen molar-refractivity contribution >= 4 is 57.3 Å². The minimum atomic E-state index is -1.01. The van der Waals surface area contributed by atoms with Crippen LogP contribution in [-0.2, 0) is 21.9 Å².